The molecule has 0 aliphatic heterocycles. The number of nitrogens with one attached hydrogen (secondary N) is 6. The van der Waals surface area contributed by atoms with E-state index in [1.807, 2.05) is 13.8 Å². The summed E-state index contributed by atoms with van der Waals surface area (Å²) >= 11 is 0. The highest BCUT2D eigenvalue weighted by atomic mass is 16.4. The summed E-state index contributed by atoms with van der Waals surface area (Å²) < 4.78 is 0. The van der Waals surface area contributed by atoms with Crippen molar-refractivity contribution in [1.29, 1.82) is 0 Å². The molecule has 0 bridgehead atoms. The molecule has 0 heterocycles. The normalized spacial score (nSPS) is 15.5. The van der Waals surface area contributed by atoms with Gasteiger partial charge in [-0.1, -0.05) is 76.3 Å². The summed E-state index contributed by atoms with van der Waals surface area (Å²) in [5.74, 6) is -10.9. The third kappa shape index (κ3) is 20.3. The van der Waals surface area contributed by atoms with Gasteiger partial charge in [-0.3, -0.25) is 43.2 Å². The Morgan fingerprint density at radius 1 is 0.683 bits per heavy atom. The average Bonchev–Trinajstić information content (AvgIpc) is 3.20. The highest BCUT2D eigenvalue weighted by molar-refractivity contribution is 6.43. The first-order chi connectivity index (χ1) is 29.7. The van der Waals surface area contributed by atoms with Gasteiger partial charge in [0.05, 0.1) is 18.8 Å². The molecule has 1 saturated carbocycles. The lowest BCUT2D eigenvalue weighted by molar-refractivity contribution is -0.142. The van der Waals surface area contributed by atoms with Crippen molar-refractivity contribution in [3.05, 3.63) is 48.0 Å². The minimum Gasteiger partial charge on any atom is -0.481 e. The predicted octanol–water partition coefficient (Wildman–Crippen LogP) is 0.255. The first kappa shape index (κ1) is 53.3. The first-order valence-electron chi connectivity index (χ1n) is 21.2. The van der Waals surface area contributed by atoms with Gasteiger partial charge in [-0.05, 0) is 55.6 Å². The second-order valence-corrected chi connectivity index (χ2v) is 16.3. The second kappa shape index (κ2) is 27.3. The van der Waals surface area contributed by atoms with Crippen LogP contribution in [0.4, 0.5) is 0 Å². The van der Waals surface area contributed by atoms with Gasteiger partial charge in [-0.2, -0.15) is 0 Å². The zero-order chi connectivity index (χ0) is 47.2. The van der Waals surface area contributed by atoms with E-state index in [2.05, 4.69) is 38.5 Å². The van der Waals surface area contributed by atoms with Crippen LogP contribution in [0.2, 0.25) is 0 Å². The van der Waals surface area contributed by atoms with E-state index in [1.54, 1.807) is 31.2 Å². The summed E-state index contributed by atoms with van der Waals surface area (Å²) in [7, 11) is -1.92. The highest BCUT2D eigenvalue weighted by Crippen LogP contribution is 2.28. The van der Waals surface area contributed by atoms with Crippen molar-refractivity contribution >= 4 is 60.5 Å². The molecular formula is C42H63BN6O14. The van der Waals surface area contributed by atoms with Crippen molar-refractivity contribution in [2.75, 3.05) is 0 Å². The fourth-order valence-corrected chi connectivity index (χ4v) is 7.17. The van der Waals surface area contributed by atoms with Crippen LogP contribution in [0.5, 0.6) is 0 Å². The van der Waals surface area contributed by atoms with Crippen LogP contribution in [0.3, 0.4) is 0 Å². The number of rotatable bonds is 28. The topological polar surface area (TPSA) is 327 Å². The SMILES string of the molecule is C=CCC(NC(=O)[C@H](CC(C)C)NC(=O)[C@H](CC1CCCCC1)NC(=O)[C@H](Cc1ccccc1C)NC(=O)[C@H](CCC(=O)O)NC(=O)[C@H](CC(=O)O)NC(=O)CCC(=O)O)B(O)O. The first-order valence-corrected chi connectivity index (χ1v) is 21.2. The Kier molecular flexibility index (Phi) is 23.1. The maximum atomic E-state index is 14.4. The molecule has 1 unspecified atom stereocenters. The van der Waals surface area contributed by atoms with E-state index in [1.165, 1.54) is 6.08 Å². The van der Waals surface area contributed by atoms with E-state index < -0.39 is 129 Å². The van der Waals surface area contributed by atoms with Gasteiger partial charge in [-0.25, -0.2) is 0 Å². The molecule has 0 saturated heterocycles. The molecule has 6 amide bonds. The van der Waals surface area contributed by atoms with Gasteiger partial charge < -0.3 is 57.3 Å². The van der Waals surface area contributed by atoms with Gasteiger partial charge >= 0.3 is 25.0 Å². The van der Waals surface area contributed by atoms with Gasteiger partial charge in [0, 0.05) is 19.3 Å². The number of hydrogen-bond donors (Lipinski definition) is 11. The van der Waals surface area contributed by atoms with Crippen LogP contribution in [0.1, 0.15) is 108 Å². The zero-order valence-electron chi connectivity index (χ0n) is 36.1. The molecule has 6 atom stereocenters. The average molecular weight is 887 g/mol. The number of aliphatic carboxylic acids is 3. The van der Waals surface area contributed by atoms with Crippen molar-refractivity contribution in [1.82, 2.24) is 31.9 Å². The highest BCUT2D eigenvalue weighted by Gasteiger charge is 2.36. The van der Waals surface area contributed by atoms with Gasteiger partial charge in [-0.15, -0.1) is 6.58 Å². The number of aryl methyl sites for hydroxylation is 1. The van der Waals surface area contributed by atoms with Crippen LogP contribution in [0.25, 0.3) is 0 Å². The van der Waals surface area contributed by atoms with Gasteiger partial charge in [0.2, 0.25) is 35.4 Å². The fraction of sp³-hybridized carbons (Fsp3) is 0.595. The maximum Gasteiger partial charge on any atom is 0.475 e. The van der Waals surface area contributed by atoms with E-state index in [0.717, 1.165) is 37.7 Å². The number of carbonyl (C=O) groups is 9. The Morgan fingerprint density at radius 3 is 1.79 bits per heavy atom. The summed E-state index contributed by atoms with van der Waals surface area (Å²) in [6.45, 7) is 8.99. The van der Waals surface area contributed by atoms with Crippen molar-refractivity contribution in [2.24, 2.45) is 11.8 Å². The van der Waals surface area contributed by atoms with Crippen molar-refractivity contribution in [3.63, 3.8) is 0 Å². The molecule has 1 aromatic carbocycles. The van der Waals surface area contributed by atoms with E-state index in [4.69, 9.17) is 5.11 Å². The summed E-state index contributed by atoms with van der Waals surface area (Å²) in [5, 5.41) is 62.5. The van der Waals surface area contributed by atoms with Crippen molar-refractivity contribution in [3.8, 4) is 0 Å². The van der Waals surface area contributed by atoms with E-state index in [-0.39, 0.29) is 37.5 Å². The third-order valence-corrected chi connectivity index (χ3v) is 10.6. The molecule has 11 N–H and O–H groups in total. The Bertz CT molecular complexity index is 1770. The quantitative estimate of drug-likeness (QED) is 0.0397. The standard InChI is InChI=1S/C42H63BN6O14/c1-5-11-33(43(62)63)49-42(61)29(20-24(2)3)46-39(58)30(21-26-13-7-6-8-14-26)47-40(59)31(22-27-15-10-9-12-25(27)4)48-38(57)28(16-18-35(51)52)45-41(60)32(23-37(55)56)44-34(50)17-19-36(53)54/h5,9-10,12,15,24,26,28-33,62-63H,1,6-8,11,13-14,16-23H2,2-4H3,(H,44,50)(H,45,60)(H,46,58)(H,47,59)(H,48,57)(H,49,61)(H,51,52)(H,53,54)(H,55,56)/t28-,29-,30-,31-,32-,33?/m0/s1. The maximum absolute atomic E-state index is 14.4. The summed E-state index contributed by atoms with van der Waals surface area (Å²) in [6, 6.07) is -0.370. The summed E-state index contributed by atoms with van der Waals surface area (Å²) in [5.41, 5.74) is 1.34. The molecule has 2 rings (SSSR count). The molecule has 20 nitrogen and oxygen atoms in total. The number of carbonyl (C=O) groups excluding carboxylic acids is 6. The third-order valence-electron chi connectivity index (χ3n) is 10.6. The Balaban J connectivity index is 2.51. The Morgan fingerprint density at radius 2 is 1.22 bits per heavy atom. The lowest BCUT2D eigenvalue weighted by atomic mass is 9.77. The molecule has 63 heavy (non-hydrogen) atoms. The molecule has 1 aliphatic rings. The van der Waals surface area contributed by atoms with Gasteiger partial charge in [0.15, 0.2) is 0 Å². The van der Waals surface area contributed by atoms with Crippen LogP contribution >= 0.6 is 0 Å². The minimum absolute atomic E-state index is 0.0112. The monoisotopic (exact) mass is 886 g/mol. The zero-order valence-corrected chi connectivity index (χ0v) is 36.1. The smallest absolute Gasteiger partial charge is 0.475 e. The van der Waals surface area contributed by atoms with E-state index in [9.17, 15) is 63.4 Å². The van der Waals surface area contributed by atoms with Crippen LogP contribution in [-0.4, -0.2) is 122 Å². The van der Waals surface area contributed by atoms with Crippen molar-refractivity contribution < 1.29 is 68.5 Å². The lowest BCUT2D eigenvalue weighted by Gasteiger charge is -2.30. The second-order valence-electron chi connectivity index (χ2n) is 16.3. The molecule has 21 heteroatoms. The number of carboxylic acid groups (broad SMARTS) is 3. The molecule has 348 valence electrons. The summed E-state index contributed by atoms with van der Waals surface area (Å²) in [4.78, 5) is 116. The Labute approximate surface area is 366 Å². The van der Waals surface area contributed by atoms with Crippen LogP contribution < -0.4 is 31.9 Å². The van der Waals surface area contributed by atoms with E-state index >= 15 is 0 Å². The number of amides is 6. The minimum atomic E-state index is -1.92. The molecule has 0 spiro atoms. The largest absolute Gasteiger partial charge is 0.481 e. The van der Waals surface area contributed by atoms with Gasteiger partial charge in [0.1, 0.15) is 30.2 Å². The molecule has 1 fully saturated rings. The molecule has 0 aromatic heterocycles. The molecular weight excluding hydrogens is 823 g/mol. The molecule has 1 aromatic rings. The number of benzene rings is 1. The van der Waals surface area contributed by atoms with Gasteiger partial charge in [0.25, 0.3) is 0 Å². The van der Waals surface area contributed by atoms with Crippen LogP contribution in [0.15, 0.2) is 36.9 Å². The van der Waals surface area contributed by atoms with Crippen LogP contribution in [0, 0.1) is 18.8 Å². The predicted molar refractivity (Wildman–Crippen MR) is 228 cm³/mol. The number of carboxylic acids is 3. The van der Waals surface area contributed by atoms with Crippen LogP contribution in [-0.2, 0) is 49.6 Å². The lowest BCUT2D eigenvalue weighted by Crippen LogP contribution is -2.60. The molecule has 0 radical (unpaired) electrons. The van der Waals surface area contributed by atoms with Crippen molar-refractivity contribution in [2.45, 2.75) is 147 Å². The molecule has 1 aliphatic carbocycles. The van der Waals surface area contributed by atoms with E-state index in [0.29, 0.717) is 5.56 Å². The Hall–Kier alpha value is -5.83. The fourth-order valence-electron chi connectivity index (χ4n) is 7.17. The number of hydrogen-bond acceptors (Lipinski definition) is 11. The summed E-state index contributed by atoms with van der Waals surface area (Å²) in [6.07, 6.45) is 2.54.